The van der Waals surface area contributed by atoms with Crippen molar-refractivity contribution in [2.24, 2.45) is 5.92 Å². The number of hydrogen-bond acceptors (Lipinski definition) is 3. The summed E-state index contributed by atoms with van der Waals surface area (Å²) in [5.41, 5.74) is 8.17. The summed E-state index contributed by atoms with van der Waals surface area (Å²) < 4.78 is 12.7. The largest absolute Gasteiger partial charge is 0.343 e. The van der Waals surface area contributed by atoms with Gasteiger partial charge in [-0.3, -0.25) is 4.79 Å². The summed E-state index contributed by atoms with van der Waals surface area (Å²) >= 11 is 0. The van der Waals surface area contributed by atoms with Crippen molar-refractivity contribution >= 4 is 5.91 Å². The fourth-order valence-corrected chi connectivity index (χ4v) is 2.42. The highest BCUT2D eigenvalue weighted by atomic mass is 19.1. The number of carbonyl (C=O) groups is 1. The van der Waals surface area contributed by atoms with Crippen LogP contribution in [0.2, 0.25) is 0 Å². The standard InChI is InChI=1S/C12H16FN3O/c1-12(2,5-13)14-11(17)10-8-4-6-3-7(6)9(8)15-16-10/h4,7,9,15-16H,3,5H2,1-2H3,(H,14,17). The van der Waals surface area contributed by atoms with E-state index in [1.165, 1.54) is 5.57 Å². The van der Waals surface area contributed by atoms with Crippen LogP contribution in [0.25, 0.3) is 0 Å². The number of hydrogen-bond donors (Lipinski definition) is 3. The van der Waals surface area contributed by atoms with E-state index >= 15 is 0 Å². The van der Waals surface area contributed by atoms with Crippen molar-refractivity contribution in [3.63, 3.8) is 0 Å². The topological polar surface area (TPSA) is 53.2 Å². The van der Waals surface area contributed by atoms with Crippen LogP contribution < -0.4 is 16.2 Å². The zero-order chi connectivity index (χ0) is 12.2. The second kappa shape index (κ2) is 3.32. The lowest BCUT2D eigenvalue weighted by atomic mass is 10.0. The number of amides is 1. The van der Waals surface area contributed by atoms with E-state index in [1.807, 2.05) is 0 Å². The van der Waals surface area contributed by atoms with E-state index in [1.54, 1.807) is 13.8 Å². The summed E-state index contributed by atoms with van der Waals surface area (Å²) in [6, 6.07) is 0.235. The van der Waals surface area contributed by atoms with Crippen molar-refractivity contribution in [2.45, 2.75) is 31.8 Å². The average molecular weight is 237 g/mol. The lowest BCUT2D eigenvalue weighted by Crippen LogP contribution is -2.47. The van der Waals surface area contributed by atoms with Gasteiger partial charge in [0, 0.05) is 11.5 Å². The van der Waals surface area contributed by atoms with E-state index in [-0.39, 0.29) is 11.9 Å². The third-order valence-electron chi connectivity index (χ3n) is 3.50. The van der Waals surface area contributed by atoms with Crippen LogP contribution in [0.15, 0.2) is 22.9 Å². The van der Waals surface area contributed by atoms with E-state index in [4.69, 9.17) is 0 Å². The molecule has 0 radical (unpaired) electrons. The van der Waals surface area contributed by atoms with Gasteiger partial charge in [-0.2, -0.15) is 0 Å². The van der Waals surface area contributed by atoms with Gasteiger partial charge in [0.15, 0.2) is 0 Å². The Kier molecular flexibility index (Phi) is 2.10. The molecule has 3 rings (SSSR count). The van der Waals surface area contributed by atoms with Crippen LogP contribution >= 0.6 is 0 Å². The predicted molar refractivity (Wildman–Crippen MR) is 61.5 cm³/mol. The average Bonchev–Trinajstić information content (AvgIpc) is 2.75. The minimum absolute atomic E-state index is 0.235. The molecule has 1 heterocycles. The Bertz CT molecular complexity index is 453. The first-order valence-corrected chi connectivity index (χ1v) is 5.86. The van der Waals surface area contributed by atoms with Crippen LogP contribution in [0.1, 0.15) is 20.3 Å². The van der Waals surface area contributed by atoms with Crippen LogP contribution in [0.4, 0.5) is 4.39 Å². The van der Waals surface area contributed by atoms with Crippen molar-refractivity contribution < 1.29 is 9.18 Å². The Hall–Kier alpha value is -1.36. The zero-order valence-electron chi connectivity index (χ0n) is 9.93. The molecule has 0 aromatic heterocycles. The molecule has 3 aliphatic rings. The maximum absolute atomic E-state index is 12.7. The lowest BCUT2D eigenvalue weighted by molar-refractivity contribution is -0.119. The van der Waals surface area contributed by atoms with Crippen molar-refractivity contribution in [2.75, 3.05) is 6.67 Å². The smallest absolute Gasteiger partial charge is 0.269 e. The van der Waals surface area contributed by atoms with Gasteiger partial charge in [-0.15, -0.1) is 0 Å². The molecule has 2 aliphatic carbocycles. The second-order valence-electron chi connectivity index (χ2n) is 5.58. The molecule has 0 aromatic rings. The monoisotopic (exact) mass is 237 g/mol. The summed E-state index contributed by atoms with van der Waals surface area (Å²) in [4.78, 5) is 12.0. The quantitative estimate of drug-likeness (QED) is 0.671. The molecule has 1 amide bonds. The lowest BCUT2D eigenvalue weighted by Gasteiger charge is -2.22. The third-order valence-corrected chi connectivity index (χ3v) is 3.50. The van der Waals surface area contributed by atoms with Crippen LogP contribution in [0.5, 0.6) is 0 Å². The molecule has 0 saturated heterocycles. The number of fused-ring (bicyclic) bond motifs is 3. The van der Waals surface area contributed by atoms with Gasteiger partial charge < -0.3 is 10.7 Å². The minimum Gasteiger partial charge on any atom is -0.343 e. The first-order valence-electron chi connectivity index (χ1n) is 5.86. The molecule has 0 bridgehead atoms. The summed E-state index contributed by atoms with van der Waals surface area (Å²) in [5, 5.41) is 2.69. The highest BCUT2D eigenvalue weighted by Crippen LogP contribution is 2.50. The van der Waals surface area contributed by atoms with Gasteiger partial charge in [-0.1, -0.05) is 11.6 Å². The first kappa shape index (κ1) is 10.8. The van der Waals surface area contributed by atoms with Gasteiger partial charge in [0.25, 0.3) is 5.91 Å². The van der Waals surface area contributed by atoms with Crippen LogP contribution in [0.3, 0.4) is 0 Å². The summed E-state index contributed by atoms with van der Waals surface area (Å²) in [7, 11) is 0. The van der Waals surface area contributed by atoms with Crippen molar-refractivity contribution in [3.05, 3.63) is 22.9 Å². The number of rotatable bonds is 3. The number of alkyl halides is 1. The molecule has 2 unspecified atom stereocenters. The van der Waals surface area contributed by atoms with E-state index in [2.05, 4.69) is 22.2 Å². The van der Waals surface area contributed by atoms with E-state index < -0.39 is 12.2 Å². The number of nitrogens with one attached hydrogen (secondary N) is 3. The highest BCUT2D eigenvalue weighted by molar-refractivity contribution is 5.95. The van der Waals surface area contributed by atoms with Gasteiger partial charge >= 0.3 is 0 Å². The van der Waals surface area contributed by atoms with Crippen molar-refractivity contribution in [1.29, 1.82) is 0 Å². The zero-order valence-corrected chi connectivity index (χ0v) is 9.93. The normalized spacial score (nSPS) is 29.5. The van der Waals surface area contributed by atoms with Crippen LogP contribution in [0, 0.1) is 5.92 Å². The van der Waals surface area contributed by atoms with Crippen molar-refractivity contribution in [1.82, 2.24) is 16.2 Å². The fourth-order valence-electron chi connectivity index (χ4n) is 2.42. The molecule has 5 heteroatoms. The van der Waals surface area contributed by atoms with E-state index in [9.17, 15) is 9.18 Å². The summed E-state index contributed by atoms with van der Waals surface area (Å²) in [5.74, 6) is 0.327. The SMILES string of the molecule is CC(C)(CF)NC(=O)C1=C2C=C3CC3C2NN1. The first-order chi connectivity index (χ1) is 8.02. The number of hydrazine groups is 1. The molecular formula is C12H16FN3O. The van der Waals surface area contributed by atoms with E-state index in [0.29, 0.717) is 11.6 Å². The summed E-state index contributed by atoms with van der Waals surface area (Å²) in [6.07, 6.45) is 3.22. The fraction of sp³-hybridized carbons (Fsp3) is 0.583. The Balaban J connectivity index is 1.79. The molecule has 1 fully saturated rings. The molecule has 2 atom stereocenters. The highest BCUT2D eigenvalue weighted by Gasteiger charge is 2.48. The second-order valence-corrected chi connectivity index (χ2v) is 5.58. The van der Waals surface area contributed by atoms with Gasteiger partial charge in [0.1, 0.15) is 12.4 Å². The molecule has 0 aromatic carbocycles. The Labute approximate surface area is 99.3 Å². The predicted octanol–water partition coefficient (Wildman–Crippen LogP) is 0.541. The Morgan fingerprint density at radius 2 is 2.41 bits per heavy atom. The molecule has 4 nitrogen and oxygen atoms in total. The van der Waals surface area contributed by atoms with Gasteiger partial charge in [0.05, 0.1) is 11.6 Å². The molecule has 0 spiro atoms. The molecule has 3 N–H and O–H groups in total. The number of carbonyl (C=O) groups excluding carboxylic acids is 1. The minimum atomic E-state index is -0.820. The van der Waals surface area contributed by atoms with Gasteiger partial charge in [-0.25, -0.2) is 9.82 Å². The van der Waals surface area contributed by atoms with Crippen LogP contribution in [-0.2, 0) is 4.79 Å². The maximum Gasteiger partial charge on any atom is 0.269 e. The maximum atomic E-state index is 12.7. The molecular weight excluding hydrogens is 221 g/mol. The molecule has 1 aliphatic heterocycles. The van der Waals surface area contributed by atoms with Crippen molar-refractivity contribution in [3.8, 4) is 0 Å². The van der Waals surface area contributed by atoms with Crippen LogP contribution in [-0.4, -0.2) is 24.2 Å². The van der Waals surface area contributed by atoms with Gasteiger partial charge in [0.2, 0.25) is 0 Å². The summed E-state index contributed by atoms with van der Waals surface area (Å²) in [6.45, 7) is 2.75. The van der Waals surface area contributed by atoms with E-state index in [0.717, 1.165) is 12.0 Å². The Morgan fingerprint density at radius 1 is 1.65 bits per heavy atom. The third kappa shape index (κ3) is 1.65. The Morgan fingerprint density at radius 3 is 3.12 bits per heavy atom. The molecule has 17 heavy (non-hydrogen) atoms. The molecule has 1 saturated carbocycles. The van der Waals surface area contributed by atoms with Gasteiger partial charge in [-0.05, 0) is 20.3 Å². The number of halogens is 1. The molecule has 92 valence electrons.